The van der Waals surface area contributed by atoms with E-state index in [1.165, 1.54) is 23.5 Å². The molecule has 3 aromatic rings. The molecule has 0 aliphatic heterocycles. The van der Waals surface area contributed by atoms with Gasteiger partial charge in [0.05, 0.1) is 5.69 Å². The Morgan fingerprint density at radius 1 is 1.10 bits per heavy atom. The number of aromatic nitrogens is 1. The van der Waals surface area contributed by atoms with E-state index in [0.717, 1.165) is 11.3 Å². The zero-order valence-corrected chi connectivity index (χ0v) is 11.3. The van der Waals surface area contributed by atoms with Crippen LogP contribution in [0, 0.1) is 5.82 Å². The molecule has 5 heteroatoms. The average Bonchev–Trinajstić information content (AvgIpc) is 2.87. The number of hydrogen-bond donors (Lipinski definition) is 2. The summed E-state index contributed by atoms with van der Waals surface area (Å²) in [6, 6.07) is 13.9. The van der Waals surface area contributed by atoms with Crippen molar-refractivity contribution in [3.8, 4) is 11.3 Å². The monoisotopic (exact) mass is 285 g/mol. The van der Waals surface area contributed by atoms with Crippen LogP contribution in [-0.2, 0) is 0 Å². The molecule has 1 aromatic heterocycles. The summed E-state index contributed by atoms with van der Waals surface area (Å²) < 4.78 is 13.1. The van der Waals surface area contributed by atoms with E-state index in [9.17, 15) is 4.39 Å². The number of anilines is 3. The first-order valence-electron chi connectivity index (χ1n) is 6.05. The molecule has 3 nitrogen and oxygen atoms in total. The molecule has 0 amide bonds. The van der Waals surface area contributed by atoms with Crippen LogP contribution >= 0.6 is 11.3 Å². The SMILES string of the molecule is Nc1cccc(-c2csc(Nc3cccc(F)c3)n2)c1. The highest BCUT2D eigenvalue weighted by Crippen LogP contribution is 2.28. The number of thiazole rings is 1. The number of nitrogens with one attached hydrogen (secondary N) is 1. The van der Waals surface area contributed by atoms with Crippen molar-refractivity contribution in [1.82, 2.24) is 4.98 Å². The molecule has 0 atom stereocenters. The number of hydrogen-bond acceptors (Lipinski definition) is 4. The van der Waals surface area contributed by atoms with E-state index in [2.05, 4.69) is 10.3 Å². The normalized spacial score (nSPS) is 10.4. The van der Waals surface area contributed by atoms with Crippen molar-refractivity contribution >= 4 is 27.8 Å². The van der Waals surface area contributed by atoms with Gasteiger partial charge in [-0.1, -0.05) is 18.2 Å². The first-order chi connectivity index (χ1) is 9.70. The molecule has 0 unspecified atom stereocenters. The largest absolute Gasteiger partial charge is 0.399 e. The lowest BCUT2D eigenvalue weighted by Gasteiger charge is -2.02. The van der Waals surface area contributed by atoms with Crippen molar-refractivity contribution in [2.24, 2.45) is 0 Å². The fourth-order valence-electron chi connectivity index (χ4n) is 1.85. The Balaban J connectivity index is 1.84. The van der Waals surface area contributed by atoms with Crippen LogP contribution in [-0.4, -0.2) is 4.98 Å². The second kappa shape index (κ2) is 5.30. The summed E-state index contributed by atoms with van der Waals surface area (Å²) in [4.78, 5) is 4.48. The second-order valence-electron chi connectivity index (χ2n) is 4.30. The standard InChI is InChI=1S/C15H12FN3S/c16-11-4-2-6-13(8-11)18-15-19-14(9-20-15)10-3-1-5-12(17)7-10/h1-9H,17H2,(H,18,19). The lowest BCUT2D eigenvalue weighted by Crippen LogP contribution is -1.90. The van der Waals surface area contributed by atoms with Crippen LogP contribution in [0.5, 0.6) is 0 Å². The van der Waals surface area contributed by atoms with Crippen LogP contribution in [0.2, 0.25) is 0 Å². The van der Waals surface area contributed by atoms with Gasteiger partial charge in [0, 0.05) is 22.3 Å². The molecule has 3 rings (SSSR count). The summed E-state index contributed by atoms with van der Waals surface area (Å²) in [6.07, 6.45) is 0. The third-order valence-corrected chi connectivity index (χ3v) is 3.52. The molecule has 0 bridgehead atoms. The molecule has 0 saturated heterocycles. The van der Waals surface area contributed by atoms with Crippen molar-refractivity contribution < 1.29 is 4.39 Å². The van der Waals surface area contributed by atoms with Gasteiger partial charge in [-0.15, -0.1) is 11.3 Å². The van der Waals surface area contributed by atoms with E-state index in [4.69, 9.17) is 5.73 Å². The number of halogens is 1. The van der Waals surface area contributed by atoms with Gasteiger partial charge in [0.2, 0.25) is 0 Å². The van der Waals surface area contributed by atoms with Gasteiger partial charge in [0.25, 0.3) is 0 Å². The Bertz CT molecular complexity index is 739. The maximum atomic E-state index is 13.1. The van der Waals surface area contributed by atoms with Gasteiger partial charge in [-0.25, -0.2) is 9.37 Å². The first-order valence-corrected chi connectivity index (χ1v) is 6.93. The summed E-state index contributed by atoms with van der Waals surface area (Å²) in [5.74, 6) is -0.275. The number of nitrogens with zero attached hydrogens (tertiary/aromatic N) is 1. The predicted octanol–water partition coefficient (Wildman–Crippen LogP) is 4.28. The minimum atomic E-state index is -0.275. The number of rotatable bonds is 3. The molecule has 0 spiro atoms. The van der Waals surface area contributed by atoms with Gasteiger partial charge in [-0.2, -0.15) is 0 Å². The zero-order valence-electron chi connectivity index (χ0n) is 10.5. The van der Waals surface area contributed by atoms with Crippen LogP contribution in [0.15, 0.2) is 53.9 Å². The van der Waals surface area contributed by atoms with Crippen LogP contribution < -0.4 is 11.1 Å². The fourth-order valence-corrected chi connectivity index (χ4v) is 2.59. The van der Waals surface area contributed by atoms with Gasteiger partial charge in [0.15, 0.2) is 5.13 Å². The van der Waals surface area contributed by atoms with E-state index in [1.807, 2.05) is 29.6 Å². The molecule has 0 fully saturated rings. The van der Waals surface area contributed by atoms with Crippen molar-refractivity contribution in [1.29, 1.82) is 0 Å². The molecular formula is C15H12FN3S. The highest BCUT2D eigenvalue weighted by Gasteiger charge is 2.05. The lowest BCUT2D eigenvalue weighted by atomic mass is 10.1. The maximum Gasteiger partial charge on any atom is 0.187 e. The minimum absolute atomic E-state index is 0.275. The third kappa shape index (κ3) is 2.78. The predicted molar refractivity (Wildman–Crippen MR) is 81.6 cm³/mol. The molecule has 2 aromatic carbocycles. The number of nitrogen functional groups attached to an aromatic ring is 1. The Morgan fingerprint density at radius 2 is 1.95 bits per heavy atom. The Kier molecular flexibility index (Phi) is 3.35. The topological polar surface area (TPSA) is 50.9 Å². The summed E-state index contributed by atoms with van der Waals surface area (Å²) >= 11 is 1.47. The van der Waals surface area contributed by atoms with Crippen molar-refractivity contribution in [2.75, 3.05) is 11.1 Å². The summed E-state index contributed by atoms with van der Waals surface area (Å²) in [7, 11) is 0. The van der Waals surface area contributed by atoms with E-state index in [0.29, 0.717) is 16.5 Å². The quantitative estimate of drug-likeness (QED) is 0.706. The number of benzene rings is 2. The van der Waals surface area contributed by atoms with E-state index in [1.54, 1.807) is 12.1 Å². The van der Waals surface area contributed by atoms with Gasteiger partial charge in [-0.05, 0) is 30.3 Å². The fraction of sp³-hybridized carbons (Fsp3) is 0. The van der Waals surface area contributed by atoms with Crippen molar-refractivity contribution in [3.05, 3.63) is 59.7 Å². The van der Waals surface area contributed by atoms with Crippen molar-refractivity contribution in [2.45, 2.75) is 0 Å². The summed E-state index contributed by atoms with van der Waals surface area (Å²) in [6.45, 7) is 0. The third-order valence-electron chi connectivity index (χ3n) is 2.76. The van der Waals surface area contributed by atoms with Gasteiger partial charge in [-0.3, -0.25) is 0 Å². The minimum Gasteiger partial charge on any atom is -0.399 e. The smallest absolute Gasteiger partial charge is 0.187 e. The zero-order chi connectivity index (χ0) is 13.9. The summed E-state index contributed by atoms with van der Waals surface area (Å²) in [5, 5.41) is 5.74. The van der Waals surface area contributed by atoms with Crippen LogP contribution in [0.1, 0.15) is 0 Å². The molecule has 20 heavy (non-hydrogen) atoms. The van der Waals surface area contributed by atoms with E-state index in [-0.39, 0.29) is 5.82 Å². The highest BCUT2D eigenvalue weighted by molar-refractivity contribution is 7.14. The Morgan fingerprint density at radius 3 is 2.75 bits per heavy atom. The average molecular weight is 285 g/mol. The van der Waals surface area contributed by atoms with Gasteiger partial charge < -0.3 is 11.1 Å². The first kappa shape index (κ1) is 12.6. The molecule has 0 aliphatic carbocycles. The second-order valence-corrected chi connectivity index (χ2v) is 5.16. The molecule has 0 saturated carbocycles. The Hall–Kier alpha value is -2.40. The van der Waals surface area contributed by atoms with Crippen LogP contribution in [0.3, 0.4) is 0 Å². The highest BCUT2D eigenvalue weighted by atomic mass is 32.1. The van der Waals surface area contributed by atoms with Crippen molar-refractivity contribution in [3.63, 3.8) is 0 Å². The number of nitrogens with two attached hydrogens (primary N) is 1. The van der Waals surface area contributed by atoms with Gasteiger partial charge >= 0.3 is 0 Å². The molecule has 3 N–H and O–H groups in total. The molecule has 0 radical (unpaired) electrons. The Labute approximate surface area is 119 Å². The van der Waals surface area contributed by atoms with E-state index < -0.39 is 0 Å². The van der Waals surface area contributed by atoms with Crippen LogP contribution in [0.25, 0.3) is 11.3 Å². The van der Waals surface area contributed by atoms with Crippen LogP contribution in [0.4, 0.5) is 20.9 Å². The lowest BCUT2D eigenvalue weighted by molar-refractivity contribution is 0.628. The molecule has 100 valence electrons. The maximum absolute atomic E-state index is 13.1. The van der Waals surface area contributed by atoms with E-state index >= 15 is 0 Å². The molecule has 0 aliphatic rings. The van der Waals surface area contributed by atoms with Gasteiger partial charge in [0.1, 0.15) is 5.82 Å². The summed E-state index contributed by atoms with van der Waals surface area (Å²) in [5.41, 5.74) is 8.96. The molecule has 1 heterocycles. The molecular weight excluding hydrogens is 273 g/mol.